The molecule has 15 heavy (non-hydrogen) atoms. The summed E-state index contributed by atoms with van der Waals surface area (Å²) in [5.41, 5.74) is 1.46. The van der Waals surface area contributed by atoms with Gasteiger partial charge < -0.3 is 10.4 Å². The molecular weight excluding hydrogens is 220 g/mol. The maximum atomic E-state index is 11.2. The van der Waals surface area contributed by atoms with E-state index in [4.69, 9.17) is 5.11 Å². The van der Waals surface area contributed by atoms with Crippen LogP contribution in [0.4, 0.5) is 9.93 Å². The SMILES string of the molecule is CC[C@@H](NC(=O)Nc1nncs1)C(=O)O. The molecule has 2 amide bonds. The number of anilines is 1. The van der Waals surface area contributed by atoms with Crippen LogP contribution in [0.25, 0.3) is 0 Å². The van der Waals surface area contributed by atoms with Gasteiger partial charge in [0.15, 0.2) is 0 Å². The molecule has 0 bridgehead atoms. The van der Waals surface area contributed by atoms with Crippen molar-refractivity contribution in [2.45, 2.75) is 19.4 Å². The summed E-state index contributed by atoms with van der Waals surface area (Å²) in [4.78, 5) is 21.8. The zero-order valence-electron chi connectivity index (χ0n) is 7.93. The first-order chi connectivity index (χ1) is 7.13. The number of carbonyl (C=O) groups excluding carboxylic acids is 1. The predicted octanol–water partition coefficient (Wildman–Crippen LogP) is 0.523. The molecule has 0 saturated carbocycles. The van der Waals surface area contributed by atoms with Crippen molar-refractivity contribution in [2.75, 3.05) is 5.32 Å². The number of hydrogen-bond acceptors (Lipinski definition) is 5. The van der Waals surface area contributed by atoms with Crippen molar-refractivity contribution in [3.63, 3.8) is 0 Å². The highest BCUT2D eigenvalue weighted by atomic mass is 32.1. The van der Waals surface area contributed by atoms with Gasteiger partial charge in [0.1, 0.15) is 11.6 Å². The van der Waals surface area contributed by atoms with E-state index < -0.39 is 18.0 Å². The Bertz CT molecular complexity index is 340. The zero-order chi connectivity index (χ0) is 11.3. The van der Waals surface area contributed by atoms with Gasteiger partial charge >= 0.3 is 12.0 Å². The van der Waals surface area contributed by atoms with Crippen LogP contribution in [0, 0.1) is 0 Å². The molecule has 1 aromatic rings. The third-order valence-electron chi connectivity index (χ3n) is 1.59. The summed E-state index contributed by atoms with van der Waals surface area (Å²) < 4.78 is 0. The monoisotopic (exact) mass is 230 g/mol. The molecular formula is C7H10N4O3S. The number of carboxylic acid groups (broad SMARTS) is 1. The fourth-order valence-electron chi connectivity index (χ4n) is 0.857. The van der Waals surface area contributed by atoms with Gasteiger partial charge in [-0.05, 0) is 6.42 Å². The molecule has 7 nitrogen and oxygen atoms in total. The largest absolute Gasteiger partial charge is 0.480 e. The number of amides is 2. The van der Waals surface area contributed by atoms with Crippen LogP contribution in [-0.2, 0) is 4.79 Å². The molecule has 0 aliphatic heterocycles. The van der Waals surface area contributed by atoms with E-state index in [2.05, 4.69) is 20.8 Å². The first-order valence-electron chi connectivity index (χ1n) is 4.20. The van der Waals surface area contributed by atoms with E-state index in [9.17, 15) is 9.59 Å². The highest BCUT2D eigenvalue weighted by molar-refractivity contribution is 7.13. The summed E-state index contributed by atoms with van der Waals surface area (Å²) in [7, 11) is 0. The van der Waals surface area contributed by atoms with E-state index in [0.717, 1.165) is 11.3 Å². The van der Waals surface area contributed by atoms with Crippen LogP contribution < -0.4 is 10.6 Å². The first kappa shape index (κ1) is 11.4. The average molecular weight is 230 g/mol. The van der Waals surface area contributed by atoms with E-state index in [0.29, 0.717) is 11.6 Å². The lowest BCUT2D eigenvalue weighted by atomic mass is 10.2. The molecule has 82 valence electrons. The predicted molar refractivity (Wildman–Crippen MR) is 53.8 cm³/mol. The number of rotatable bonds is 4. The normalized spacial score (nSPS) is 11.8. The molecule has 0 saturated heterocycles. The Morgan fingerprint density at radius 1 is 1.67 bits per heavy atom. The molecule has 1 rings (SSSR count). The van der Waals surface area contributed by atoms with Crippen molar-refractivity contribution in [1.82, 2.24) is 15.5 Å². The molecule has 3 N–H and O–H groups in total. The van der Waals surface area contributed by atoms with E-state index in [1.54, 1.807) is 6.92 Å². The average Bonchev–Trinajstić information content (AvgIpc) is 2.66. The fourth-order valence-corrected chi connectivity index (χ4v) is 1.30. The smallest absolute Gasteiger partial charge is 0.326 e. The van der Waals surface area contributed by atoms with E-state index in [1.165, 1.54) is 5.51 Å². The van der Waals surface area contributed by atoms with Crippen LogP contribution in [0.15, 0.2) is 5.51 Å². The van der Waals surface area contributed by atoms with Gasteiger partial charge in [-0.25, -0.2) is 9.59 Å². The quantitative estimate of drug-likeness (QED) is 0.699. The minimum absolute atomic E-state index is 0.318. The van der Waals surface area contributed by atoms with Crippen LogP contribution in [0.1, 0.15) is 13.3 Å². The summed E-state index contributed by atoms with van der Waals surface area (Å²) in [5, 5.41) is 20.8. The number of carbonyl (C=O) groups is 2. The van der Waals surface area contributed by atoms with Crippen LogP contribution in [0.2, 0.25) is 0 Å². The molecule has 0 unspecified atom stereocenters. The molecule has 1 heterocycles. The number of urea groups is 1. The molecule has 0 fully saturated rings. The van der Waals surface area contributed by atoms with Gasteiger partial charge in [0.05, 0.1) is 0 Å². The lowest BCUT2D eigenvalue weighted by molar-refractivity contribution is -0.139. The van der Waals surface area contributed by atoms with Gasteiger partial charge in [0, 0.05) is 0 Å². The summed E-state index contributed by atoms with van der Waals surface area (Å²) in [6, 6.07) is -1.49. The molecule has 0 aliphatic rings. The summed E-state index contributed by atoms with van der Waals surface area (Å²) in [5.74, 6) is -1.06. The molecule has 8 heteroatoms. The van der Waals surface area contributed by atoms with Crippen LogP contribution in [-0.4, -0.2) is 33.3 Å². The standard InChI is InChI=1S/C7H10N4O3S/c1-2-4(5(12)13)9-6(14)10-7-11-8-3-15-7/h3-4H,2H2,1H3,(H,12,13)(H2,9,10,11,14)/t4-/m1/s1. The maximum absolute atomic E-state index is 11.2. The Kier molecular flexibility index (Phi) is 3.98. The molecule has 0 radical (unpaired) electrons. The first-order valence-corrected chi connectivity index (χ1v) is 5.08. The van der Waals surface area contributed by atoms with E-state index >= 15 is 0 Å². The Morgan fingerprint density at radius 2 is 2.40 bits per heavy atom. The van der Waals surface area contributed by atoms with Crippen molar-refractivity contribution in [2.24, 2.45) is 0 Å². The summed E-state index contributed by atoms with van der Waals surface area (Å²) >= 11 is 1.15. The fraction of sp³-hybridized carbons (Fsp3) is 0.429. The Labute approximate surface area is 89.5 Å². The lowest BCUT2D eigenvalue weighted by Gasteiger charge is -2.11. The van der Waals surface area contributed by atoms with E-state index in [1.807, 2.05) is 0 Å². The number of hydrogen-bond donors (Lipinski definition) is 3. The third kappa shape index (κ3) is 3.50. The van der Waals surface area contributed by atoms with Gasteiger partial charge in [-0.2, -0.15) is 0 Å². The van der Waals surface area contributed by atoms with Crippen molar-refractivity contribution < 1.29 is 14.7 Å². The second-order valence-electron chi connectivity index (χ2n) is 2.64. The highest BCUT2D eigenvalue weighted by Gasteiger charge is 2.17. The van der Waals surface area contributed by atoms with E-state index in [-0.39, 0.29) is 0 Å². The van der Waals surface area contributed by atoms with Gasteiger partial charge in [-0.1, -0.05) is 18.3 Å². The van der Waals surface area contributed by atoms with Crippen LogP contribution in [0.3, 0.4) is 0 Å². The lowest BCUT2D eigenvalue weighted by Crippen LogP contribution is -2.42. The Hall–Kier alpha value is -1.70. The highest BCUT2D eigenvalue weighted by Crippen LogP contribution is 2.07. The molecule has 0 aliphatic carbocycles. The number of aromatic nitrogens is 2. The molecule has 1 aromatic heterocycles. The van der Waals surface area contributed by atoms with Crippen molar-refractivity contribution in [1.29, 1.82) is 0 Å². The second-order valence-corrected chi connectivity index (χ2v) is 3.47. The topological polar surface area (TPSA) is 104 Å². The van der Waals surface area contributed by atoms with Gasteiger partial charge in [-0.15, -0.1) is 10.2 Å². The van der Waals surface area contributed by atoms with Crippen molar-refractivity contribution >= 4 is 28.5 Å². The number of aliphatic carboxylic acids is 1. The molecule has 0 spiro atoms. The zero-order valence-corrected chi connectivity index (χ0v) is 8.74. The van der Waals surface area contributed by atoms with Crippen molar-refractivity contribution in [3.05, 3.63) is 5.51 Å². The Morgan fingerprint density at radius 3 is 2.87 bits per heavy atom. The number of nitrogens with one attached hydrogen (secondary N) is 2. The molecule has 0 aromatic carbocycles. The molecule has 1 atom stereocenters. The van der Waals surface area contributed by atoms with Gasteiger partial charge in [0.25, 0.3) is 0 Å². The van der Waals surface area contributed by atoms with Gasteiger partial charge in [0.2, 0.25) is 5.13 Å². The third-order valence-corrected chi connectivity index (χ3v) is 2.20. The number of carboxylic acids is 1. The van der Waals surface area contributed by atoms with Crippen LogP contribution >= 0.6 is 11.3 Å². The minimum Gasteiger partial charge on any atom is -0.480 e. The number of nitrogens with zero attached hydrogens (tertiary/aromatic N) is 2. The minimum atomic E-state index is -1.06. The maximum Gasteiger partial charge on any atom is 0.326 e. The van der Waals surface area contributed by atoms with Crippen molar-refractivity contribution in [3.8, 4) is 0 Å². The van der Waals surface area contributed by atoms with Crippen LogP contribution in [0.5, 0.6) is 0 Å². The Balaban J connectivity index is 2.45. The second kappa shape index (κ2) is 5.25. The summed E-state index contributed by atoms with van der Waals surface area (Å²) in [6.07, 6.45) is 0.318. The van der Waals surface area contributed by atoms with Gasteiger partial charge in [-0.3, -0.25) is 5.32 Å². The summed E-state index contributed by atoms with van der Waals surface area (Å²) in [6.45, 7) is 1.67.